The molecule has 1 aromatic rings. The lowest BCUT2D eigenvalue weighted by atomic mass is 9.92. The fourth-order valence-corrected chi connectivity index (χ4v) is 4.12. The van der Waals surface area contributed by atoms with E-state index in [9.17, 15) is 8.42 Å². The van der Waals surface area contributed by atoms with Gasteiger partial charge in [0.2, 0.25) is 10.0 Å². The Labute approximate surface area is 127 Å². The molecule has 0 bridgehead atoms. The van der Waals surface area contributed by atoms with Crippen LogP contribution in [-0.4, -0.2) is 27.6 Å². The van der Waals surface area contributed by atoms with Crippen molar-refractivity contribution in [2.75, 3.05) is 13.7 Å². The number of rotatable bonds is 7. The third-order valence-electron chi connectivity index (χ3n) is 3.30. The molecule has 0 amide bonds. The van der Waals surface area contributed by atoms with Gasteiger partial charge < -0.3 is 10.5 Å². The van der Waals surface area contributed by atoms with E-state index in [0.717, 1.165) is 5.56 Å². The summed E-state index contributed by atoms with van der Waals surface area (Å²) >= 11 is 0. The van der Waals surface area contributed by atoms with E-state index < -0.39 is 15.6 Å². The number of methoxy groups -OCH3 is 1. The monoisotopic (exact) mass is 314 g/mol. The first-order chi connectivity index (χ1) is 9.63. The van der Waals surface area contributed by atoms with Gasteiger partial charge >= 0.3 is 0 Å². The number of ether oxygens (including phenoxy) is 1. The van der Waals surface area contributed by atoms with Gasteiger partial charge in [0.25, 0.3) is 0 Å². The van der Waals surface area contributed by atoms with Gasteiger partial charge in [-0.2, -0.15) is 0 Å². The van der Waals surface area contributed by atoms with Crippen molar-refractivity contribution in [2.24, 2.45) is 11.7 Å². The number of nitrogens with one attached hydrogen (secondary N) is 1. The smallest absolute Gasteiger partial charge is 0.244 e. The molecule has 0 fully saturated rings. The van der Waals surface area contributed by atoms with E-state index in [0.29, 0.717) is 18.1 Å². The van der Waals surface area contributed by atoms with Crippen molar-refractivity contribution in [3.63, 3.8) is 0 Å². The van der Waals surface area contributed by atoms with E-state index in [1.165, 1.54) is 7.11 Å². The summed E-state index contributed by atoms with van der Waals surface area (Å²) in [6, 6.07) is 5.08. The highest BCUT2D eigenvalue weighted by Gasteiger charge is 2.31. The van der Waals surface area contributed by atoms with Crippen LogP contribution in [0.4, 0.5) is 0 Å². The third kappa shape index (κ3) is 4.69. The minimum Gasteiger partial charge on any atom is -0.495 e. The van der Waals surface area contributed by atoms with Crippen LogP contribution in [0.3, 0.4) is 0 Å². The molecule has 21 heavy (non-hydrogen) atoms. The molecule has 0 heterocycles. The summed E-state index contributed by atoms with van der Waals surface area (Å²) in [5.74, 6) is 0.665. The molecule has 1 aromatic carbocycles. The molecule has 6 heteroatoms. The summed E-state index contributed by atoms with van der Waals surface area (Å²) in [5.41, 5.74) is 5.96. The molecule has 0 aromatic heterocycles. The second-order valence-electron chi connectivity index (χ2n) is 6.12. The standard InChI is InChI=1S/C15H26N2O3S/c1-11(2)9-15(4,10-16)17-21(18,19)14-8-12(3)6-7-13(14)20-5/h6-8,11,17H,9-10,16H2,1-5H3. The largest absolute Gasteiger partial charge is 0.495 e. The van der Waals surface area contributed by atoms with Crippen molar-refractivity contribution in [1.29, 1.82) is 0 Å². The average Bonchev–Trinajstić information content (AvgIpc) is 2.37. The van der Waals surface area contributed by atoms with Crippen LogP contribution in [-0.2, 0) is 10.0 Å². The van der Waals surface area contributed by atoms with Crippen molar-refractivity contribution in [3.05, 3.63) is 23.8 Å². The summed E-state index contributed by atoms with van der Waals surface area (Å²) in [4.78, 5) is 0.147. The number of aryl methyl sites for hydroxylation is 1. The fraction of sp³-hybridized carbons (Fsp3) is 0.600. The van der Waals surface area contributed by atoms with Gasteiger partial charge in [-0.1, -0.05) is 19.9 Å². The first-order valence-corrected chi connectivity index (χ1v) is 8.50. The topological polar surface area (TPSA) is 81.4 Å². The van der Waals surface area contributed by atoms with Gasteiger partial charge in [0.05, 0.1) is 7.11 Å². The van der Waals surface area contributed by atoms with E-state index in [-0.39, 0.29) is 11.4 Å². The fourth-order valence-electron chi connectivity index (χ4n) is 2.44. The molecular weight excluding hydrogens is 288 g/mol. The number of sulfonamides is 1. The molecule has 1 rings (SSSR count). The molecule has 1 unspecified atom stereocenters. The lowest BCUT2D eigenvalue weighted by Crippen LogP contribution is -2.52. The molecule has 3 N–H and O–H groups in total. The maximum atomic E-state index is 12.7. The summed E-state index contributed by atoms with van der Waals surface area (Å²) < 4.78 is 33.2. The summed E-state index contributed by atoms with van der Waals surface area (Å²) in [6.07, 6.45) is 0.664. The highest BCUT2D eigenvalue weighted by Crippen LogP contribution is 2.27. The molecule has 0 saturated carbocycles. The molecule has 0 aliphatic rings. The number of hydrogen-bond acceptors (Lipinski definition) is 4. The van der Waals surface area contributed by atoms with E-state index >= 15 is 0 Å². The van der Waals surface area contributed by atoms with Crippen molar-refractivity contribution in [3.8, 4) is 5.75 Å². The van der Waals surface area contributed by atoms with Crippen molar-refractivity contribution in [2.45, 2.75) is 44.6 Å². The second kappa shape index (κ2) is 6.77. The zero-order valence-corrected chi connectivity index (χ0v) is 14.3. The molecule has 0 saturated heterocycles. The lowest BCUT2D eigenvalue weighted by Gasteiger charge is -2.31. The second-order valence-corrected chi connectivity index (χ2v) is 7.77. The Kier molecular flexibility index (Phi) is 5.78. The van der Waals surface area contributed by atoms with Crippen molar-refractivity contribution in [1.82, 2.24) is 4.72 Å². The summed E-state index contributed by atoms with van der Waals surface area (Å²) in [5, 5.41) is 0. The third-order valence-corrected chi connectivity index (χ3v) is 4.96. The molecule has 1 atom stereocenters. The Bertz CT molecular complexity index is 585. The van der Waals surface area contributed by atoms with Crippen LogP contribution in [0.25, 0.3) is 0 Å². The Hall–Kier alpha value is -1.11. The highest BCUT2D eigenvalue weighted by atomic mass is 32.2. The van der Waals surface area contributed by atoms with Gasteiger partial charge in [0.1, 0.15) is 10.6 Å². The minimum absolute atomic E-state index is 0.147. The van der Waals surface area contributed by atoms with Gasteiger partial charge in [-0.15, -0.1) is 0 Å². The first kappa shape index (κ1) is 17.9. The average molecular weight is 314 g/mol. The lowest BCUT2D eigenvalue weighted by molar-refractivity contribution is 0.343. The quantitative estimate of drug-likeness (QED) is 0.807. The maximum Gasteiger partial charge on any atom is 0.244 e. The van der Waals surface area contributed by atoms with Crippen LogP contribution in [0, 0.1) is 12.8 Å². The van der Waals surface area contributed by atoms with Crippen LogP contribution in [0.2, 0.25) is 0 Å². The number of nitrogens with two attached hydrogens (primary N) is 1. The Balaban J connectivity index is 3.19. The van der Waals surface area contributed by atoms with E-state index in [1.54, 1.807) is 12.1 Å². The molecule has 5 nitrogen and oxygen atoms in total. The summed E-state index contributed by atoms with van der Waals surface area (Å²) in [6.45, 7) is 7.98. The van der Waals surface area contributed by atoms with Crippen molar-refractivity contribution < 1.29 is 13.2 Å². The van der Waals surface area contributed by atoms with Crippen LogP contribution in [0.5, 0.6) is 5.75 Å². The van der Waals surface area contributed by atoms with E-state index in [2.05, 4.69) is 4.72 Å². The molecule has 0 aliphatic heterocycles. The van der Waals surface area contributed by atoms with Crippen LogP contribution in [0.15, 0.2) is 23.1 Å². The van der Waals surface area contributed by atoms with Gasteiger partial charge in [-0.25, -0.2) is 13.1 Å². The molecule has 0 radical (unpaired) electrons. The normalized spacial score (nSPS) is 15.0. The van der Waals surface area contributed by atoms with E-state index in [1.807, 2.05) is 33.8 Å². The Morgan fingerprint density at radius 2 is 2.00 bits per heavy atom. The highest BCUT2D eigenvalue weighted by molar-refractivity contribution is 7.89. The molecule has 120 valence electrons. The maximum absolute atomic E-state index is 12.7. The molecule has 0 spiro atoms. The SMILES string of the molecule is COc1ccc(C)cc1S(=O)(=O)NC(C)(CN)CC(C)C. The summed E-state index contributed by atoms with van der Waals surface area (Å²) in [7, 11) is -2.24. The van der Waals surface area contributed by atoms with Gasteiger partial charge in [-0.3, -0.25) is 0 Å². The van der Waals surface area contributed by atoms with Crippen LogP contribution >= 0.6 is 0 Å². The molecular formula is C15H26N2O3S. The Morgan fingerprint density at radius 3 is 2.48 bits per heavy atom. The van der Waals surface area contributed by atoms with E-state index in [4.69, 9.17) is 10.5 Å². The zero-order chi connectivity index (χ0) is 16.3. The number of benzene rings is 1. The van der Waals surface area contributed by atoms with Gasteiger partial charge in [0.15, 0.2) is 0 Å². The first-order valence-electron chi connectivity index (χ1n) is 7.02. The Morgan fingerprint density at radius 1 is 1.38 bits per heavy atom. The molecule has 0 aliphatic carbocycles. The van der Waals surface area contributed by atoms with Crippen molar-refractivity contribution >= 4 is 10.0 Å². The van der Waals surface area contributed by atoms with Gasteiger partial charge in [-0.05, 0) is 43.9 Å². The van der Waals surface area contributed by atoms with Crippen LogP contribution in [0.1, 0.15) is 32.8 Å². The number of hydrogen-bond donors (Lipinski definition) is 2. The zero-order valence-electron chi connectivity index (χ0n) is 13.4. The van der Waals surface area contributed by atoms with Gasteiger partial charge in [0, 0.05) is 12.1 Å². The van der Waals surface area contributed by atoms with Crippen LogP contribution < -0.4 is 15.2 Å². The predicted octanol–water partition coefficient (Wildman–Crippen LogP) is 2.05. The predicted molar refractivity (Wildman–Crippen MR) is 85.0 cm³/mol. The minimum atomic E-state index is -3.70.